The van der Waals surface area contributed by atoms with Gasteiger partial charge in [-0.05, 0) is 13.0 Å². The van der Waals surface area contributed by atoms with E-state index >= 15 is 0 Å². The normalized spacial score (nSPS) is 11.7. The standard InChI is InChI=1S/C11H15NO4S/c1-4-16-10-7-9(5-6-17(3,13)14)12-8-11(10)15-2/h5-8H,4H2,1-3H3. The quantitative estimate of drug-likeness (QED) is 0.799. The highest BCUT2D eigenvalue weighted by molar-refractivity contribution is 7.93. The molecular formula is C11H15NO4S. The molecule has 0 aliphatic carbocycles. The molecule has 0 unspecified atom stereocenters. The van der Waals surface area contributed by atoms with E-state index < -0.39 is 9.84 Å². The van der Waals surface area contributed by atoms with Crippen molar-refractivity contribution in [2.75, 3.05) is 20.0 Å². The third-order valence-corrected chi connectivity index (χ3v) is 2.49. The second kappa shape index (κ2) is 5.67. The highest BCUT2D eigenvalue weighted by atomic mass is 32.2. The van der Waals surface area contributed by atoms with Gasteiger partial charge in [0, 0.05) is 17.7 Å². The van der Waals surface area contributed by atoms with Crippen LogP contribution in [0.25, 0.3) is 6.08 Å². The number of pyridine rings is 1. The van der Waals surface area contributed by atoms with Gasteiger partial charge in [0.15, 0.2) is 21.3 Å². The minimum absolute atomic E-state index is 0.496. The lowest BCUT2D eigenvalue weighted by molar-refractivity contribution is 0.310. The average Bonchev–Trinajstić information content (AvgIpc) is 2.26. The summed E-state index contributed by atoms with van der Waals surface area (Å²) in [6, 6.07) is 1.63. The van der Waals surface area contributed by atoms with Gasteiger partial charge in [0.05, 0.1) is 25.6 Å². The molecule has 0 amide bonds. The molecule has 0 spiro atoms. The van der Waals surface area contributed by atoms with Crippen LogP contribution >= 0.6 is 0 Å². The molecule has 1 aromatic rings. The number of rotatable bonds is 5. The van der Waals surface area contributed by atoms with Gasteiger partial charge in [0.25, 0.3) is 0 Å². The van der Waals surface area contributed by atoms with Crippen molar-refractivity contribution in [2.24, 2.45) is 0 Å². The van der Waals surface area contributed by atoms with Gasteiger partial charge >= 0.3 is 0 Å². The first-order valence-corrected chi connectivity index (χ1v) is 6.96. The Morgan fingerprint density at radius 2 is 2.12 bits per heavy atom. The highest BCUT2D eigenvalue weighted by Crippen LogP contribution is 2.26. The molecule has 1 rings (SSSR count). The van der Waals surface area contributed by atoms with Gasteiger partial charge in [-0.1, -0.05) is 0 Å². The fourth-order valence-corrected chi connectivity index (χ4v) is 1.53. The van der Waals surface area contributed by atoms with E-state index in [1.54, 1.807) is 6.07 Å². The third kappa shape index (κ3) is 4.44. The van der Waals surface area contributed by atoms with Crippen LogP contribution in [-0.2, 0) is 9.84 Å². The Morgan fingerprint density at radius 3 is 2.65 bits per heavy atom. The van der Waals surface area contributed by atoms with Crippen molar-refractivity contribution in [1.29, 1.82) is 0 Å². The second-order valence-electron chi connectivity index (χ2n) is 3.33. The molecule has 94 valence electrons. The van der Waals surface area contributed by atoms with E-state index in [1.807, 2.05) is 6.92 Å². The Balaban J connectivity index is 3.04. The Kier molecular flexibility index (Phi) is 4.51. The van der Waals surface area contributed by atoms with E-state index in [2.05, 4.69) is 4.98 Å². The van der Waals surface area contributed by atoms with Crippen molar-refractivity contribution in [2.45, 2.75) is 6.92 Å². The molecule has 0 aromatic carbocycles. The maximum Gasteiger partial charge on any atom is 0.179 e. The molecular weight excluding hydrogens is 242 g/mol. The number of nitrogens with zero attached hydrogens (tertiary/aromatic N) is 1. The van der Waals surface area contributed by atoms with E-state index in [0.717, 1.165) is 11.7 Å². The summed E-state index contributed by atoms with van der Waals surface area (Å²) in [5, 5.41) is 1.09. The number of methoxy groups -OCH3 is 1. The van der Waals surface area contributed by atoms with Crippen LogP contribution in [0, 0.1) is 0 Å². The summed E-state index contributed by atoms with van der Waals surface area (Å²) in [5.74, 6) is 1.06. The maximum absolute atomic E-state index is 11.0. The first-order valence-electron chi connectivity index (χ1n) is 5.01. The monoisotopic (exact) mass is 257 g/mol. The van der Waals surface area contributed by atoms with Crippen LogP contribution in [0.15, 0.2) is 17.7 Å². The highest BCUT2D eigenvalue weighted by Gasteiger charge is 2.05. The van der Waals surface area contributed by atoms with Crippen LogP contribution in [0.5, 0.6) is 11.5 Å². The van der Waals surface area contributed by atoms with Crippen molar-refractivity contribution in [1.82, 2.24) is 4.98 Å². The molecule has 17 heavy (non-hydrogen) atoms. The SMILES string of the molecule is CCOc1cc(C=CS(C)(=O)=O)ncc1OC. The first kappa shape index (κ1) is 13.5. The third-order valence-electron chi connectivity index (χ3n) is 1.86. The predicted molar refractivity (Wildman–Crippen MR) is 65.8 cm³/mol. The topological polar surface area (TPSA) is 65.5 Å². The predicted octanol–water partition coefficient (Wildman–Crippen LogP) is 1.50. The number of ether oxygens (including phenoxy) is 2. The van der Waals surface area contributed by atoms with Crippen LogP contribution in [0.3, 0.4) is 0 Å². The van der Waals surface area contributed by atoms with Gasteiger partial charge in [-0.2, -0.15) is 0 Å². The van der Waals surface area contributed by atoms with Crippen molar-refractivity contribution >= 4 is 15.9 Å². The number of aromatic nitrogens is 1. The van der Waals surface area contributed by atoms with Gasteiger partial charge in [0.2, 0.25) is 0 Å². The van der Waals surface area contributed by atoms with Gasteiger partial charge in [-0.25, -0.2) is 8.42 Å². The van der Waals surface area contributed by atoms with E-state index in [1.165, 1.54) is 19.4 Å². The molecule has 0 aliphatic rings. The molecule has 0 bridgehead atoms. The Labute approximate surface area is 101 Å². The van der Waals surface area contributed by atoms with Gasteiger partial charge in [-0.15, -0.1) is 0 Å². The van der Waals surface area contributed by atoms with E-state index in [9.17, 15) is 8.42 Å². The Morgan fingerprint density at radius 1 is 1.41 bits per heavy atom. The Bertz CT molecular complexity index is 508. The zero-order valence-corrected chi connectivity index (χ0v) is 10.8. The van der Waals surface area contributed by atoms with Crippen molar-refractivity contribution in [3.05, 3.63) is 23.4 Å². The minimum atomic E-state index is -3.16. The van der Waals surface area contributed by atoms with Gasteiger partial charge in [0.1, 0.15) is 0 Å². The zero-order chi connectivity index (χ0) is 12.9. The summed E-state index contributed by atoms with van der Waals surface area (Å²) in [6.45, 7) is 2.35. The second-order valence-corrected chi connectivity index (χ2v) is 5.26. The molecule has 0 N–H and O–H groups in total. The molecule has 0 atom stereocenters. The maximum atomic E-state index is 11.0. The molecule has 1 heterocycles. The molecule has 1 aromatic heterocycles. The fraction of sp³-hybridized carbons (Fsp3) is 0.364. The molecule has 0 fully saturated rings. The molecule has 6 heteroatoms. The Hall–Kier alpha value is -1.56. The molecule has 0 aliphatic heterocycles. The van der Waals surface area contributed by atoms with Crippen molar-refractivity contribution in [3.8, 4) is 11.5 Å². The summed E-state index contributed by atoms with van der Waals surface area (Å²) in [5.41, 5.74) is 0.500. The van der Waals surface area contributed by atoms with E-state index in [-0.39, 0.29) is 0 Å². The molecule has 5 nitrogen and oxygen atoms in total. The number of hydrogen-bond donors (Lipinski definition) is 0. The average molecular weight is 257 g/mol. The summed E-state index contributed by atoms with van der Waals surface area (Å²) < 4.78 is 32.4. The van der Waals surface area contributed by atoms with Gasteiger partial charge in [-0.3, -0.25) is 4.98 Å². The van der Waals surface area contributed by atoms with Crippen molar-refractivity contribution < 1.29 is 17.9 Å². The largest absolute Gasteiger partial charge is 0.491 e. The van der Waals surface area contributed by atoms with Crippen LogP contribution in [-0.4, -0.2) is 33.4 Å². The lowest BCUT2D eigenvalue weighted by Gasteiger charge is -2.08. The van der Waals surface area contributed by atoms with Crippen LogP contribution < -0.4 is 9.47 Å². The van der Waals surface area contributed by atoms with Gasteiger partial charge < -0.3 is 9.47 Å². The fourth-order valence-electron chi connectivity index (χ4n) is 1.15. The molecule has 0 saturated carbocycles. The van der Waals surface area contributed by atoms with E-state index in [0.29, 0.717) is 23.8 Å². The first-order chi connectivity index (χ1) is 7.96. The summed E-state index contributed by atoms with van der Waals surface area (Å²) in [4.78, 5) is 4.04. The van der Waals surface area contributed by atoms with Crippen LogP contribution in [0.2, 0.25) is 0 Å². The molecule has 0 saturated heterocycles. The van der Waals surface area contributed by atoms with Crippen molar-refractivity contribution in [3.63, 3.8) is 0 Å². The minimum Gasteiger partial charge on any atom is -0.491 e. The summed E-state index contributed by atoms with van der Waals surface area (Å²) in [7, 11) is -1.64. The smallest absolute Gasteiger partial charge is 0.179 e. The number of sulfone groups is 1. The summed E-state index contributed by atoms with van der Waals surface area (Å²) in [6.07, 6.45) is 4.03. The lowest BCUT2D eigenvalue weighted by atomic mass is 10.3. The number of hydrogen-bond acceptors (Lipinski definition) is 5. The zero-order valence-electron chi connectivity index (χ0n) is 10.0. The summed E-state index contributed by atoms with van der Waals surface area (Å²) >= 11 is 0. The lowest BCUT2D eigenvalue weighted by Crippen LogP contribution is -1.97. The molecule has 0 radical (unpaired) electrons. The van der Waals surface area contributed by atoms with Crippen LogP contribution in [0.4, 0.5) is 0 Å². The van der Waals surface area contributed by atoms with Crippen LogP contribution in [0.1, 0.15) is 12.6 Å². The van der Waals surface area contributed by atoms with E-state index in [4.69, 9.17) is 9.47 Å².